The van der Waals surface area contributed by atoms with E-state index in [4.69, 9.17) is 5.21 Å². The van der Waals surface area contributed by atoms with E-state index < -0.39 is 20.5 Å². The molecule has 0 aliphatic heterocycles. The maximum absolute atomic E-state index is 12.0. The highest BCUT2D eigenvalue weighted by Gasteiger charge is 2.43. The lowest BCUT2D eigenvalue weighted by atomic mass is 9.73. The first-order valence-electron chi connectivity index (χ1n) is 8.51. The minimum Gasteiger partial charge on any atom is -0.289 e. The highest BCUT2D eigenvalue weighted by atomic mass is 32.2. The molecule has 0 spiro atoms. The van der Waals surface area contributed by atoms with Crippen LogP contribution in [0.4, 0.5) is 0 Å². The molecular formula is C19H27NO4S. The number of carbonyl (C=O) groups is 1. The van der Waals surface area contributed by atoms with Crippen LogP contribution in [0.5, 0.6) is 0 Å². The minimum absolute atomic E-state index is 0.109. The average Bonchev–Trinajstić information content (AvgIpc) is 2.59. The van der Waals surface area contributed by atoms with Crippen LogP contribution in [0.15, 0.2) is 36.4 Å². The topological polar surface area (TPSA) is 83.5 Å². The zero-order valence-electron chi connectivity index (χ0n) is 15.1. The number of rotatable bonds is 6. The van der Waals surface area contributed by atoms with Gasteiger partial charge in [0.2, 0.25) is 0 Å². The Kier molecular flexibility index (Phi) is 5.74. The van der Waals surface area contributed by atoms with Crippen LogP contribution in [0.25, 0.3) is 0 Å². The molecule has 1 amide bonds. The number of amides is 1. The Hall–Kier alpha value is -1.66. The van der Waals surface area contributed by atoms with Crippen molar-refractivity contribution in [2.45, 2.75) is 56.1 Å². The molecule has 2 unspecified atom stereocenters. The molecule has 0 saturated carbocycles. The second-order valence-electron chi connectivity index (χ2n) is 7.42. The van der Waals surface area contributed by atoms with Crippen molar-refractivity contribution in [2.75, 3.05) is 6.26 Å². The maximum Gasteiger partial charge on any atom is 0.264 e. The lowest BCUT2D eigenvalue weighted by Crippen LogP contribution is -2.49. The summed E-state index contributed by atoms with van der Waals surface area (Å²) in [5.41, 5.74) is 3.87. The van der Waals surface area contributed by atoms with Crippen LogP contribution in [0, 0.1) is 0 Å². The summed E-state index contributed by atoms with van der Waals surface area (Å²) in [6.07, 6.45) is 9.23. The van der Waals surface area contributed by atoms with Crippen LogP contribution in [-0.2, 0) is 26.5 Å². The molecule has 2 atom stereocenters. The number of benzene rings is 1. The number of hydrogen-bond donors (Lipinski definition) is 2. The minimum atomic E-state index is -3.66. The molecule has 5 nitrogen and oxygen atoms in total. The number of hydroxylamine groups is 1. The summed E-state index contributed by atoms with van der Waals surface area (Å²) >= 11 is 0. The SMILES string of the molecule is CC1(c2ccc(CCC(C)(C(=O)NO)S(C)(=O)=O)cc2)CC=CCC1. The third-order valence-corrected chi connectivity index (χ3v) is 7.57. The fourth-order valence-corrected chi connectivity index (χ4v) is 4.12. The van der Waals surface area contributed by atoms with Crippen molar-refractivity contribution in [1.82, 2.24) is 5.48 Å². The van der Waals surface area contributed by atoms with Gasteiger partial charge in [0, 0.05) is 6.26 Å². The van der Waals surface area contributed by atoms with Crippen LogP contribution in [0.1, 0.15) is 50.7 Å². The first-order chi connectivity index (χ1) is 11.6. The number of aryl methyl sites for hydroxylation is 1. The molecule has 0 heterocycles. The van der Waals surface area contributed by atoms with Crippen molar-refractivity contribution in [2.24, 2.45) is 0 Å². The molecule has 1 aliphatic carbocycles. The van der Waals surface area contributed by atoms with Gasteiger partial charge in [0.1, 0.15) is 4.75 Å². The Labute approximate surface area is 150 Å². The highest BCUT2D eigenvalue weighted by molar-refractivity contribution is 7.92. The molecule has 0 saturated heterocycles. The smallest absolute Gasteiger partial charge is 0.264 e. The van der Waals surface area contributed by atoms with E-state index in [0.29, 0.717) is 6.42 Å². The van der Waals surface area contributed by atoms with Crippen molar-refractivity contribution >= 4 is 15.7 Å². The Morgan fingerprint density at radius 1 is 1.28 bits per heavy atom. The molecule has 0 bridgehead atoms. The second-order valence-corrected chi connectivity index (χ2v) is 9.86. The van der Waals surface area contributed by atoms with E-state index in [9.17, 15) is 13.2 Å². The molecule has 0 aromatic heterocycles. The van der Waals surface area contributed by atoms with E-state index in [1.165, 1.54) is 18.0 Å². The van der Waals surface area contributed by atoms with E-state index in [0.717, 1.165) is 31.1 Å². The molecule has 2 rings (SSSR count). The molecule has 25 heavy (non-hydrogen) atoms. The molecule has 2 N–H and O–H groups in total. The first kappa shape index (κ1) is 19.7. The van der Waals surface area contributed by atoms with E-state index in [2.05, 4.69) is 31.2 Å². The molecule has 1 aliphatic rings. The normalized spacial score (nSPS) is 23.0. The molecular weight excluding hydrogens is 338 g/mol. The van der Waals surface area contributed by atoms with Gasteiger partial charge in [-0.2, -0.15) is 0 Å². The Morgan fingerprint density at radius 3 is 2.40 bits per heavy atom. The van der Waals surface area contributed by atoms with Gasteiger partial charge in [-0.15, -0.1) is 0 Å². The fraction of sp³-hybridized carbons (Fsp3) is 0.526. The number of allylic oxidation sites excluding steroid dienone is 2. The van der Waals surface area contributed by atoms with Crippen LogP contribution >= 0.6 is 0 Å². The Balaban J connectivity index is 2.13. The Morgan fingerprint density at radius 2 is 1.92 bits per heavy atom. The standard InChI is InChI=1S/C19H27NO4S/c1-18(12-5-4-6-13-18)16-9-7-15(8-10-16)11-14-19(2,17(21)20-22)25(3,23)24/h4-5,7-10,22H,6,11-14H2,1-3H3,(H,20,21). The zero-order chi connectivity index (χ0) is 18.7. The van der Waals surface area contributed by atoms with E-state index >= 15 is 0 Å². The van der Waals surface area contributed by atoms with Gasteiger partial charge in [0.25, 0.3) is 5.91 Å². The van der Waals surface area contributed by atoms with Crippen LogP contribution in [0.2, 0.25) is 0 Å². The maximum atomic E-state index is 12.0. The summed E-state index contributed by atoms with van der Waals surface area (Å²) < 4.78 is 22.3. The van der Waals surface area contributed by atoms with Crippen molar-refractivity contribution in [3.05, 3.63) is 47.5 Å². The molecule has 1 aromatic carbocycles. The van der Waals surface area contributed by atoms with Gasteiger partial charge in [-0.25, -0.2) is 13.9 Å². The number of sulfone groups is 1. The zero-order valence-corrected chi connectivity index (χ0v) is 15.9. The molecule has 0 fully saturated rings. The summed E-state index contributed by atoms with van der Waals surface area (Å²) in [7, 11) is -3.66. The third kappa shape index (κ3) is 4.12. The lowest BCUT2D eigenvalue weighted by molar-refractivity contribution is -0.131. The quantitative estimate of drug-likeness (QED) is 0.461. The van der Waals surface area contributed by atoms with E-state index in [1.54, 1.807) is 0 Å². The summed E-state index contributed by atoms with van der Waals surface area (Å²) in [4.78, 5) is 11.9. The van der Waals surface area contributed by atoms with Gasteiger partial charge in [0.05, 0.1) is 0 Å². The van der Waals surface area contributed by atoms with Gasteiger partial charge in [-0.1, -0.05) is 43.3 Å². The third-order valence-electron chi connectivity index (χ3n) is 5.54. The van der Waals surface area contributed by atoms with Gasteiger partial charge in [-0.3, -0.25) is 10.0 Å². The van der Waals surface area contributed by atoms with Crippen LogP contribution in [-0.4, -0.2) is 30.5 Å². The second kappa shape index (κ2) is 7.30. The molecule has 0 radical (unpaired) electrons. The summed E-state index contributed by atoms with van der Waals surface area (Å²) in [6.45, 7) is 3.61. The highest BCUT2D eigenvalue weighted by Crippen LogP contribution is 2.36. The number of nitrogens with one attached hydrogen (secondary N) is 1. The lowest BCUT2D eigenvalue weighted by Gasteiger charge is -2.31. The van der Waals surface area contributed by atoms with Crippen LogP contribution < -0.4 is 5.48 Å². The summed E-state index contributed by atoms with van der Waals surface area (Å²) in [6, 6.07) is 8.19. The average molecular weight is 365 g/mol. The monoisotopic (exact) mass is 365 g/mol. The summed E-state index contributed by atoms with van der Waals surface area (Å²) in [5.74, 6) is -0.895. The van der Waals surface area contributed by atoms with Crippen molar-refractivity contribution < 1.29 is 18.4 Å². The fourth-order valence-electron chi connectivity index (χ4n) is 3.27. The molecule has 6 heteroatoms. The van der Waals surface area contributed by atoms with Crippen LogP contribution in [0.3, 0.4) is 0 Å². The van der Waals surface area contributed by atoms with E-state index in [1.807, 2.05) is 12.1 Å². The van der Waals surface area contributed by atoms with Gasteiger partial charge >= 0.3 is 0 Å². The van der Waals surface area contributed by atoms with E-state index in [-0.39, 0.29) is 11.8 Å². The molecule has 138 valence electrons. The van der Waals surface area contributed by atoms with Crippen molar-refractivity contribution in [1.29, 1.82) is 0 Å². The number of carbonyl (C=O) groups excluding carboxylic acids is 1. The summed E-state index contributed by atoms with van der Waals surface area (Å²) in [5, 5.41) is 8.87. The first-order valence-corrected chi connectivity index (χ1v) is 10.4. The van der Waals surface area contributed by atoms with Crippen molar-refractivity contribution in [3.63, 3.8) is 0 Å². The van der Waals surface area contributed by atoms with Gasteiger partial charge in [-0.05, 0) is 55.6 Å². The predicted molar refractivity (Wildman–Crippen MR) is 98.3 cm³/mol. The predicted octanol–water partition coefficient (Wildman–Crippen LogP) is 2.93. The van der Waals surface area contributed by atoms with Gasteiger partial charge in [0.15, 0.2) is 9.84 Å². The Bertz CT molecular complexity index is 754. The molecule has 1 aromatic rings. The number of hydrogen-bond acceptors (Lipinski definition) is 4. The van der Waals surface area contributed by atoms with Gasteiger partial charge < -0.3 is 0 Å². The largest absolute Gasteiger partial charge is 0.289 e. The van der Waals surface area contributed by atoms with Crippen molar-refractivity contribution in [3.8, 4) is 0 Å².